The van der Waals surface area contributed by atoms with Crippen molar-refractivity contribution in [2.24, 2.45) is 0 Å². The lowest BCUT2D eigenvalue weighted by atomic mass is 10.0. The van der Waals surface area contributed by atoms with E-state index in [1.165, 1.54) is 24.4 Å². The van der Waals surface area contributed by atoms with Gasteiger partial charge in [0.05, 0.1) is 0 Å². The van der Waals surface area contributed by atoms with E-state index in [0.29, 0.717) is 11.3 Å². The normalized spacial score (nSPS) is 11.8. The molecule has 0 spiro atoms. The molecule has 1 aromatic heterocycles. The number of carboxylic acid groups (broad SMARTS) is 1. The summed E-state index contributed by atoms with van der Waals surface area (Å²) in [6, 6.07) is 8.91. The first-order valence-electron chi connectivity index (χ1n) is 5.68. The number of ether oxygens (including phenoxy) is 1. The molecule has 1 atom stereocenters. The Hall–Kier alpha value is -2.43. The number of nitrogens with zero attached hydrogens (tertiary/aromatic N) is 1. The van der Waals surface area contributed by atoms with E-state index >= 15 is 0 Å². The van der Waals surface area contributed by atoms with Crippen molar-refractivity contribution in [1.82, 2.24) is 4.98 Å². The Bertz CT molecular complexity index is 560. The molecule has 0 saturated carbocycles. The number of hydrogen-bond acceptors (Lipinski definition) is 3. The molecule has 19 heavy (non-hydrogen) atoms. The Morgan fingerprint density at radius 2 is 2.21 bits per heavy atom. The van der Waals surface area contributed by atoms with Gasteiger partial charge in [-0.05, 0) is 23.8 Å². The highest BCUT2D eigenvalue weighted by Gasteiger charge is 2.20. The van der Waals surface area contributed by atoms with Gasteiger partial charge in [-0.3, -0.25) is 9.78 Å². The van der Waals surface area contributed by atoms with Crippen molar-refractivity contribution in [2.45, 2.75) is 5.92 Å². The summed E-state index contributed by atoms with van der Waals surface area (Å²) >= 11 is 0. The largest absolute Gasteiger partial charge is 0.492 e. The van der Waals surface area contributed by atoms with Crippen LogP contribution in [-0.4, -0.2) is 22.7 Å². The van der Waals surface area contributed by atoms with Crippen LogP contribution in [0.3, 0.4) is 0 Å². The second-order valence-corrected chi connectivity index (χ2v) is 3.95. The van der Waals surface area contributed by atoms with E-state index < -0.39 is 17.7 Å². The van der Waals surface area contributed by atoms with Gasteiger partial charge in [0.2, 0.25) is 0 Å². The SMILES string of the molecule is O=C(O)C(COc1cccc(F)c1)c1cccnc1. The fourth-order valence-electron chi connectivity index (χ4n) is 1.63. The van der Waals surface area contributed by atoms with Gasteiger partial charge in [0.15, 0.2) is 0 Å². The number of aromatic nitrogens is 1. The van der Waals surface area contributed by atoms with E-state index in [1.54, 1.807) is 24.4 Å². The van der Waals surface area contributed by atoms with Gasteiger partial charge < -0.3 is 9.84 Å². The standard InChI is InChI=1S/C14H12FNO3/c15-11-4-1-5-12(7-11)19-9-13(14(17)18)10-3-2-6-16-8-10/h1-8,13H,9H2,(H,17,18). The molecule has 1 heterocycles. The van der Waals surface area contributed by atoms with Gasteiger partial charge in [-0.15, -0.1) is 0 Å². The molecular formula is C14H12FNO3. The summed E-state index contributed by atoms with van der Waals surface area (Å²) in [7, 11) is 0. The first-order valence-corrected chi connectivity index (χ1v) is 5.68. The molecule has 0 aliphatic heterocycles. The summed E-state index contributed by atoms with van der Waals surface area (Å²) < 4.78 is 18.3. The first-order chi connectivity index (χ1) is 9.16. The van der Waals surface area contributed by atoms with Crippen molar-refractivity contribution in [3.8, 4) is 5.75 Å². The number of halogens is 1. The van der Waals surface area contributed by atoms with Crippen LogP contribution < -0.4 is 4.74 Å². The Labute approximate surface area is 109 Å². The maximum atomic E-state index is 13.0. The van der Waals surface area contributed by atoms with Gasteiger partial charge in [0.25, 0.3) is 0 Å². The predicted octanol–water partition coefficient (Wildman–Crippen LogP) is 2.47. The number of carboxylic acids is 1. The monoisotopic (exact) mass is 261 g/mol. The van der Waals surface area contributed by atoms with Crippen LogP contribution in [0.2, 0.25) is 0 Å². The van der Waals surface area contributed by atoms with Crippen molar-refractivity contribution in [3.63, 3.8) is 0 Å². The molecule has 0 amide bonds. The van der Waals surface area contributed by atoms with E-state index in [0.717, 1.165) is 0 Å². The minimum atomic E-state index is -1.01. The van der Waals surface area contributed by atoms with E-state index in [2.05, 4.69) is 4.98 Å². The zero-order valence-electron chi connectivity index (χ0n) is 9.99. The Kier molecular flexibility index (Phi) is 4.07. The summed E-state index contributed by atoms with van der Waals surface area (Å²) in [6.45, 7) is -0.0789. The summed E-state index contributed by atoms with van der Waals surface area (Å²) in [6.07, 6.45) is 3.05. The fraction of sp³-hybridized carbons (Fsp3) is 0.143. The average molecular weight is 261 g/mol. The van der Waals surface area contributed by atoms with Gasteiger partial charge >= 0.3 is 5.97 Å². The maximum absolute atomic E-state index is 13.0. The number of carbonyl (C=O) groups is 1. The lowest BCUT2D eigenvalue weighted by molar-refractivity contribution is -0.139. The number of rotatable bonds is 5. The lowest BCUT2D eigenvalue weighted by Gasteiger charge is -2.13. The highest BCUT2D eigenvalue weighted by atomic mass is 19.1. The van der Waals surface area contributed by atoms with Gasteiger partial charge in [-0.25, -0.2) is 4.39 Å². The first kappa shape index (κ1) is 13.0. The number of pyridine rings is 1. The molecule has 1 aromatic carbocycles. The summed E-state index contributed by atoms with van der Waals surface area (Å²) in [5.74, 6) is -1.97. The number of benzene rings is 1. The number of aliphatic carboxylic acids is 1. The smallest absolute Gasteiger partial charge is 0.314 e. The van der Waals surface area contributed by atoms with E-state index in [-0.39, 0.29) is 6.61 Å². The zero-order chi connectivity index (χ0) is 13.7. The summed E-state index contributed by atoms with van der Waals surface area (Å²) in [5.41, 5.74) is 0.548. The minimum Gasteiger partial charge on any atom is -0.492 e. The molecule has 0 aliphatic carbocycles. The molecular weight excluding hydrogens is 249 g/mol. The fourth-order valence-corrected chi connectivity index (χ4v) is 1.63. The van der Waals surface area contributed by atoms with Crippen molar-refractivity contribution < 1.29 is 19.0 Å². The van der Waals surface area contributed by atoms with E-state index in [1.807, 2.05) is 0 Å². The molecule has 98 valence electrons. The van der Waals surface area contributed by atoms with Crippen molar-refractivity contribution in [2.75, 3.05) is 6.61 Å². The molecule has 0 radical (unpaired) electrons. The molecule has 2 rings (SSSR count). The van der Waals surface area contributed by atoms with Crippen LogP contribution in [0.4, 0.5) is 4.39 Å². The lowest BCUT2D eigenvalue weighted by Crippen LogP contribution is -2.19. The van der Waals surface area contributed by atoms with Gasteiger partial charge in [-0.1, -0.05) is 12.1 Å². The minimum absolute atomic E-state index is 0.0789. The quantitative estimate of drug-likeness (QED) is 0.898. The third-order valence-electron chi connectivity index (χ3n) is 2.60. The summed E-state index contributed by atoms with van der Waals surface area (Å²) in [5, 5.41) is 9.18. The molecule has 1 unspecified atom stereocenters. The third-order valence-corrected chi connectivity index (χ3v) is 2.60. The Balaban J connectivity index is 2.08. The van der Waals surface area contributed by atoms with Crippen LogP contribution in [-0.2, 0) is 4.79 Å². The predicted molar refractivity (Wildman–Crippen MR) is 66.5 cm³/mol. The Morgan fingerprint density at radius 3 is 2.84 bits per heavy atom. The molecule has 4 nitrogen and oxygen atoms in total. The van der Waals surface area contributed by atoms with Crippen LogP contribution in [0, 0.1) is 5.82 Å². The second kappa shape index (κ2) is 5.95. The second-order valence-electron chi connectivity index (χ2n) is 3.95. The van der Waals surface area contributed by atoms with Crippen LogP contribution in [0.1, 0.15) is 11.5 Å². The van der Waals surface area contributed by atoms with Crippen molar-refractivity contribution in [1.29, 1.82) is 0 Å². The molecule has 1 N–H and O–H groups in total. The highest BCUT2D eigenvalue weighted by molar-refractivity contribution is 5.76. The zero-order valence-corrected chi connectivity index (χ0v) is 9.99. The summed E-state index contributed by atoms with van der Waals surface area (Å²) in [4.78, 5) is 15.1. The van der Waals surface area contributed by atoms with Crippen LogP contribution in [0.25, 0.3) is 0 Å². The Morgan fingerprint density at radius 1 is 1.37 bits per heavy atom. The molecule has 2 aromatic rings. The van der Waals surface area contributed by atoms with E-state index in [9.17, 15) is 14.3 Å². The van der Waals surface area contributed by atoms with Crippen molar-refractivity contribution in [3.05, 3.63) is 60.2 Å². The van der Waals surface area contributed by atoms with Crippen LogP contribution in [0.15, 0.2) is 48.8 Å². The number of hydrogen-bond donors (Lipinski definition) is 1. The van der Waals surface area contributed by atoms with Gasteiger partial charge in [0.1, 0.15) is 24.1 Å². The molecule has 0 bridgehead atoms. The van der Waals surface area contributed by atoms with Crippen molar-refractivity contribution >= 4 is 5.97 Å². The molecule has 5 heteroatoms. The molecule has 0 aliphatic rings. The van der Waals surface area contributed by atoms with Gasteiger partial charge in [-0.2, -0.15) is 0 Å². The average Bonchev–Trinajstić information content (AvgIpc) is 2.40. The topological polar surface area (TPSA) is 59.4 Å². The molecule has 0 saturated heterocycles. The van der Waals surface area contributed by atoms with Crippen LogP contribution in [0.5, 0.6) is 5.75 Å². The molecule has 0 fully saturated rings. The third kappa shape index (κ3) is 3.51. The van der Waals surface area contributed by atoms with Crippen LogP contribution >= 0.6 is 0 Å². The maximum Gasteiger partial charge on any atom is 0.314 e. The highest BCUT2D eigenvalue weighted by Crippen LogP contribution is 2.18. The van der Waals surface area contributed by atoms with E-state index in [4.69, 9.17) is 4.74 Å². The van der Waals surface area contributed by atoms with Gasteiger partial charge in [0, 0.05) is 18.5 Å².